The molecule has 1 aromatic carbocycles. The predicted molar refractivity (Wildman–Crippen MR) is 92.4 cm³/mol. The van der Waals surface area contributed by atoms with Gasteiger partial charge in [-0.3, -0.25) is 0 Å². The van der Waals surface area contributed by atoms with Crippen LogP contribution in [0.1, 0.15) is 12.8 Å². The number of likely N-dealkylation sites (tertiary alicyclic amines) is 1. The maximum atomic E-state index is 13.4. The summed E-state index contributed by atoms with van der Waals surface area (Å²) in [5.41, 5.74) is 0. The van der Waals surface area contributed by atoms with Crippen LogP contribution < -0.4 is 14.8 Å². The van der Waals surface area contributed by atoms with Crippen LogP contribution in [0.15, 0.2) is 18.2 Å². The Labute approximate surface area is 151 Å². The van der Waals surface area contributed by atoms with E-state index in [0.29, 0.717) is 13.1 Å². The summed E-state index contributed by atoms with van der Waals surface area (Å²) in [4.78, 5) is 13.7. The van der Waals surface area contributed by atoms with Gasteiger partial charge in [-0.2, -0.15) is 0 Å². The molecule has 2 N–H and O–H groups in total. The zero-order chi connectivity index (χ0) is 19.2. The van der Waals surface area contributed by atoms with Gasteiger partial charge in [0.15, 0.2) is 11.6 Å². The summed E-state index contributed by atoms with van der Waals surface area (Å²) in [6.07, 6.45) is 1.48. The van der Waals surface area contributed by atoms with Gasteiger partial charge in [0.25, 0.3) is 0 Å². The van der Waals surface area contributed by atoms with Crippen LogP contribution in [0.25, 0.3) is 0 Å². The van der Waals surface area contributed by atoms with E-state index in [0.717, 1.165) is 25.0 Å². The molecule has 146 valence electrons. The Bertz CT molecular complexity index is 730. The first-order valence-electron chi connectivity index (χ1n) is 8.32. The molecule has 1 saturated heterocycles. The zero-order valence-corrected chi connectivity index (χ0v) is 15.3. The van der Waals surface area contributed by atoms with E-state index in [1.807, 2.05) is 0 Å². The number of piperidine rings is 1. The van der Waals surface area contributed by atoms with Gasteiger partial charge >= 0.3 is 6.03 Å². The number of halogens is 2. The second-order valence-corrected chi connectivity index (χ2v) is 8.07. The maximum Gasteiger partial charge on any atom is 0.317 e. The summed E-state index contributed by atoms with van der Waals surface area (Å²) in [5.74, 6) is -1.71. The molecule has 0 spiro atoms. The van der Waals surface area contributed by atoms with Crippen LogP contribution >= 0.6 is 0 Å². The van der Waals surface area contributed by atoms with E-state index in [1.165, 1.54) is 13.1 Å². The second kappa shape index (κ2) is 9.13. The fourth-order valence-electron chi connectivity index (χ4n) is 2.80. The molecule has 1 aliphatic heterocycles. The van der Waals surface area contributed by atoms with Gasteiger partial charge in [-0.1, -0.05) is 0 Å². The average Bonchev–Trinajstić information content (AvgIpc) is 2.60. The number of carbonyl (C=O) groups is 1. The molecule has 0 aliphatic carbocycles. The summed E-state index contributed by atoms with van der Waals surface area (Å²) in [5, 5.41) is 2.65. The van der Waals surface area contributed by atoms with Gasteiger partial charge in [-0.05, 0) is 37.9 Å². The summed E-state index contributed by atoms with van der Waals surface area (Å²) >= 11 is 0. The van der Waals surface area contributed by atoms with Crippen molar-refractivity contribution < 1.29 is 26.7 Å². The maximum absolute atomic E-state index is 13.4. The van der Waals surface area contributed by atoms with Crippen LogP contribution in [0.3, 0.4) is 0 Å². The van der Waals surface area contributed by atoms with Gasteiger partial charge < -0.3 is 15.0 Å². The lowest BCUT2D eigenvalue weighted by atomic mass is 10.0. The Kier molecular flexibility index (Phi) is 7.15. The number of hydrogen-bond acceptors (Lipinski definition) is 4. The highest BCUT2D eigenvalue weighted by Gasteiger charge is 2.26. The van der Waals surface area contributed by atoms with Gasteiger partial charge in [-0.15, -0.1) is 0 Å². The monoisotopic (exact) mass is 391 g/mol. The number of carbonyl (C=O) groups excluding carboxylic acids is 1. The first-order valence-corrected chi connectivity index (χ1v) is 9.98. The number of benzene rings is 1. The molecular formula is C16H23F2N3O4S. The third kappa shape index (κ3) is 6.10. The lowest BCUT2D eigenvalue weighted by Crippen LogP contribution is -2.48. The summed E-state index contributed by atoms with van der Waals surface area (Å²) < 4.78 is 56.9. The van der Waals surface area contributed by atoms with Crippen molar-refractivity contribution in [3.8, 4) is 5.75 Å². The molecule has 1 fully saturated rings. The molecule has 2 rings (SSSR count). The molecule has 10 heteroatoms. The van der Waals surface area contributed by atoms with Crippen LogP contribution in [0.2, 0.25) is 0 Å². The molecule has 0 radical (unpaired) electrons. The Morgan fingerprint density at radius 1 is 1.38 bits per heavy atom. The van der Waals surface area contributed by atoms with Gasteiger partial charge in [0.1, 0.15) is 12.4 Å². The number of amides is 2. The molecule has 1 heterocycles. The minimum atomic E-state index is -3.32. The highest BCUT2D eigenvalue weighted by atomic mass is 32.2. The Balaban J connectivity index is 1.75. The highest BCUT2D eigenvalue weighted by molar-refractivity contribution is 7.89. The molecule has 1 atom stereocenters. The Morgan fingerprint density at radius 2 is 2.15 bits per heavy atom. The number of nitrogens with one attached hydrogen (secondary N) is 2. The third-order valence-corrected chi connectivity index (χ3v) is 5.63. The Hall–Kier alpha value is -1.94. The van der Waals surface area contributed by atoms with Crippen molar-refractivity contribution in [2.24, 2.45) is 5.92 Å². The lowest BCUT2D eigenvalue weighted by molar-refractivity contribution is 0.168. The quantitative estimate of drug-likeness (QED) is 0.686. The largest absolute Gasteiger partial charge is 0.489 e. The minimum Gasteiger partial charge on any atom is -0.489 e. The zero-order valence-electron chi connectivity index (χ0n) is 14.5. The van der Waals surface area contributed by atoms with Gasteiger partial charge in [-0.25, -0.2) is 26.7 Å². The van der Waals surface area contributed by atoms with Crippen molar-refractivity contribution >= 4 is 16.1 Å². The van der Waals surface area contributed by atoms with E-state index in [1.54, 1.807) is 4.90 Å². The second-order valence-electron chi connectivity index (χ2n) is 6.09. The first-order chi connectivity index (χ1) is 12.3. The van der Waals surface area contributed by atoms with Crippen molar-refractivity contribution in [3.05, 3.63) is 29.8 Å². The number of ether oxygens (including phenoxy) is 1. The topological polar surface area (TPSA) is 87.7 Å². The number of rotatable bonds is 7. The van der Waals surface area contributed by atoms with E-state index in [2.05, 4.69) is 10.0 Å². The first kappa shape index (κ1) is 20.4. The normalized spacial score (nSPS) is 17.8. The molecule has 0 bridgehead atoms. The predicted octanol–water partition coefficient (Wildman–Crippen LogP) is 1.31. The number of nitrogens with zero attached hydrogens (tertiary/aromatic N) is 1. The van der Waals surface area contributed by atoms with E-state index >= 15 is 0 Å². The highest BCUT2D eigenvalue weighted by Crippen LogP contribution is 2.18. The van der Waals surface area contributed by atoms with Gasteiger partial charge in [0.05, 0.1) is 12.3 Å². The number of hydrogen-bond donors (Lipinski definition) is 2. The molecular weight excluding hydrogens is 368 g/mol. The standard InChI is InChI=1S/C16H23F2N3O4S/c1-19-26(23,24)11-12-3-2-7-21(10-12)16(22)20-6-8-25-15-5-4-13(17)9-14(15)18/h4-5,9,12,19H,2-3,6-8,10-11H2,1H3,(H,20,22). The van der Waals surface area contributed by atoms with Crippen LogP contribution in [0.4, 0.5) is 13.6 Å². The molecule has 26 heavy (non-hydrogen) atoms. The summed E-state index contributed by atoms with van der Waals surface area (Å²) in [7, 11) is -1.95. The van der Waals surface area contributed by atoms with E-state index < -0.39 is 21.7 Å². The van der Waals surface area contributed by atoms with Gasteiger partial charge in [0.2, 0.25) is 10.0 Å². The van der Waals surface area contributed by atoms with E-state index in [4.69, 9.17) is 4.74 Å². The van der Waals surface area contributed by atoms with Crippen molar-refractivity contribution in [3.63, 3.8) is 0 Å². The molecule has 1 aromatic rings. The van der Waals surface area contributed by atoms with Crippen LogP contribution in [0, 0.1) is 17.6 Å². The fraction of sp³-hybridized carbons (Fsp3) is 0.562. The van der Waals surface area contributed by atoms with Crippen molar-refractivity contribution in [1.29, 1.82) is 0 Å². The number of sulfonamides is 1. The van der Waals surface area contributed by atoms with E-state index in [-0.39, 0.29) is 36.6 Å². The van der Waals surface area contributed by atoms with Crippen molar-refractivity contribution in [1.82, 2.24) is 14.9 Å². The minimum absolute atomic E-state index is 0.0137. The lowest BCUT2D eigenvalue weighted by Gasteiger charge is -2.32. The van der Waals surface area contributed by atoms with E-state index in [9.17, 15) is 22.0 Å². The summed E-state index contributed by atoms with van der Waals surface area (Å²) in [6.45, 7) is 1.08. The Morgan fingerprint density at radius 3 is 2.85 bits per heavy atom. The van der Waals surface area contributed by atoms with Crippen LogP contribution in [0.5, 0.6) is 5.75 Å². The number of urea groups is 1. The van der Waals surface area contributed by atoms with Crippen molar-refractivity contribution in [2.45, 2.75) is 12.8 Å². The molecule has 7 nitrogen and oxygen atoms in total. The van der Waals surface area contributed by atoms with Gasteiger partial charge in [0, 0.05) is 19.2 Å². The molecule has 2 amide bonds. The molecule has 1 aliphatic rings. The SMILES string of the molecule is CNS(=O)(=O)CC1CCCN(C(=O)NCCOc2ccc(F)cc2F)C1. The average molecular weight is 391 g/mol. The van der Waals surface area contributed by atoms with Crippen LogP contribution in [-0.4, -0.2) is 58.4 Å². The molecule has 1 unspecified atom stereocenters. The van der Waals surface area contributed by atoms with Crippen LogP contribution in [-0.2, 0) is 10.0 Å². The summed E-state index contributed by atoms with van der Waals surface area (Å²) in [6, 6.07) is 2.68. The smallest absolute Gasteiger partial charge is 0.317 e. The fourth-order valence-corrected chi connectivity index (χ4v) is 3.86. The van der Waals surface area contributed by atoms with Crippen molar-refractivity contribution in [2.75, 3.05) is 39.0 Å². The third-order valence-electron chi connectivity index (χ3n) is 4.10. The molecule has 0 saturated carbocycles. The molecule has 0 aromatic heterocycles.